The van der Waals surface area contributed by atoms with Crippen molar-refractivity contribution in [3.8, 4) is 11.8 Å². The Labute approximate surface area is 93.9 Å². The molecule has 0 unspecified atom stereocenters. The molecule has 0 radical (unpaired) electrons. The highest BCUT2D eigenvalue weighted by Crippen LogP contribution is 2.19. The van der Waals surface area contributed by atoms with Crippen molar-refractivity contribution >= 4 is 24.2 Å². The van der Waals surface area contributed by atoms with Gasteiger partial charge in [-0.25, -0.2) is 4.39 Å². The summed E-state index contributed by atoms with van der Waals surface area (Å²) in [5.41, 5.74) is 1.23. The van der Waals surface area contributed by atoms with Gasteiger partial charge in [-0.2, -0.15) is 12.6 Å². The number of aryl methyl sites for hydroxylation is 1. The van der Waals surface area contributed by atoms with Crippen LogP contribution in [0.25, 0.3) is 0 Å². The van der Waals surface area contributed by atoms with E-state index in [-0.39, 0.29) is 5.82 Å². The molecule has 1 rings (SSSR count). The first-order valence-electron chi connectivity index (χ1n) is 4.20. The normalized spacial score (nSPS) is 9.43. The van der Waals surface area contributed by atoms with E-state index in [9.17, 15) is 4.39 Å². The average molecular weight is 229 g/mol. The molecule has 0 atom stereocenters. The van der Waals surface area contributed by atoms with Gasteiger partial charge in [0.15, 0.2) is 0 Å². The van der Waals surface area contributed by atoms with Crippen LogP contribution in [0, 0.1) is 24.6 Å². The summed E-state index contributed by atoms with van der Waals surface area (Å²) in [7, 11) is 0. The zero-order valence-electron chi connectivity index (χ0n) is 7.77. The van der Waals surface area contributed by atoms with Gasteiger partial charge in [0.2, 0.25) is 0 Å². The summed E-state index contributed by atoms with van der Waals surface area (Å²) in [4.78, 5) is 0. The van der Waals surface area contributed by atoms with Gasteiger partial charge in [0.05, 0.1) is 5.56 Å². The Morgan fingerprint density at radius 1 is 1.50 bits per heavy atom. The fraction of sp³-hybridized carbons (Fsp3) is 0.273. The molecule has 0 nitrogen and oxygen atoms in total. The van der Waals surface area contributed by atoms with Crippen LogP contribution in [0.4, 0.5) is 4.39 Å². The van der Waals surface area contributed by atoms with Gasteiger partial charge in [0.25, 0.3) is 0 Å². The van der Waals surface area contributed by atoms with Crippen LogP contribution < -0.4 is 0 Å². The van der Waals surface area contributed by atoms with E-state index in [1.165, 1.54) is 6.07 Å². The number of benzene rings is 1. The van der Waals surface area contributed by atoms with Gasteiger partial charge in [-0.05, 0) is 24.6 Å². The maximum absolute atomic E-state index is 13.3. The molecule has 1 aromatic carbocycles. The minimum absolute atomic E-state index is 0.368. The molecule has 0 saturated heterocycles. The predicted molar refractivity (Wildman–Crippen MR) is 61.5 cm³/mol. The first-order chi connectivity index (χ1) is 6.65. The van der Waals surface area contributed by atoms with Crippen LogP contribution in [0.3, 0.4) is 0 Å². The molecule has 0 aliphatic heterocycles. The van der Waals surface area contributed by atoms with E-state index < -0.39 is 0 Å². The quantitative estimate of drug-likeness (QED) is 0.552. The highest BCUT2D eigenvalue weighted by atomic mass is 35.5. The number of rotatable bonds is 1. The van der Waals surface area contributed by atoms with Crippen molar-refractivity contribution in [2.45, 2.75) is 13.3 Å². The summed E-state index contributed by atoms with van der Waals surface area (Å²) in [5, 5.41) is 0.433. The summed E-state index contributed by atoms with van der Waals surface area (Å²) < 4.78 is 13.3. The van der Waals surface area contributed by atoms with E-state index in [0.717, 1.165) is 5.56 Å². The van der Waals surface area contributed by atoms with Gasteiger partial charge in [-0.15, -0.1) is 0 Å². The second kappa shape index (κ2) is 5.29. The summed E-state index contributed by atoms with van der Waals surface area (Å²) in [6.45, 7) is 1.82. The smallest absolute Gasteiger partial charge is 0.140 e. The highest BCUT2D eigenvalue weighted by molar-refractivity contribution is 7.80. The fourth-order valence-electron chi connectivity index (χ4n) is 0.967. The van der Waals surface area contributed by atoms with E-state index in [4.69, 9.17) is 11.6 Å². The molecular formula is C11H10ClFS. The molecule has 0 heterocycles. The van der Waals surface area contributed by atoms with Crippen molar-refractivity contribution < 1.29 is 4.39 Å². The van der Waals surface area contributed by atoms with E-state index in [2.05, 4.69) is 24.5 Å². The Hall–Kier alpha value is -0.650. The van der Waals surface area contributed by atoms with Gasteiger partial charge >= 0.3 is 0 Å². The maximum atomic E-state index is 13.3. The lowest BCUT2D eigenvalue weighted by molar-refractivity contribution is 0.624. The van der Waals surface area contributed by atoms with Crippen molar-refractivity contribution in [1.29, 1.82) is 0 Å². The van der Waals surface area contributed by atoms with E-state index in [1.807, 2.05) is 6.92 Å². The lowest BCUT2D eigenvalue weighted by Gasteiger charge is -1.99. The third-order valence-electron chi connectivity index (χ3n) is 1.71. The maximum Gasteiger partial charge on any atom is 0.140 e. The van der Waals surface area contributed by atoms with Crippen LogP contribution in [-0.2, 0) is 0 Å². The minimum atomic E-state index is -0.368. The first-order valence-corrected chi connectivity index (χ1v) is 5.21. The molecule has 14 heavy (non-hydrogen) atoms. The standard InChI is InChI=1S/C11H10ClFS/c1-8-6-9(4-2-3-5-14)11(13)7-10(8)12/h6-7,14H,3,5H2,1H3. The second-order valence-electron chi connectivity index (χ2n) is 2.86. The zero-order chi connectivity index (χ0) is 10.6. The second-order valence-corrected chi connectivity index (χ2v) is 3.71. The van der Waals surface area contributed by atoms with Crippen LogP contribution in [0.2, 0.25) is 5.02 Å². The van der Waals surface area contributed by atoms with Crippen molar-refractivity contribution in [1.82, 2.24) is 0 Å². The number of thiol groups is 1. The van der Waals surface area contributed by atoms with Gasteiger partial charge < -0.3 is 0 Å². The molecule has 0 fully saturated rings. The third kappa shape index (κ3) is 2.94. The molecule has 74 valence electrons. The molecule has 0 aliphatic carbocycles. The minimum Gasteiger partial charge on any atom is -0.206 e. The molecule has 0 bridgehead atoms. The lowest BCUT2D eigenvalue weighted by Crippen LogP contribution is -1.86. The molecule has 0 aliphatic rings. The Balaban J connectivity index is 3.00. The Kier molecular flexibility index (Phi) is 4.31. The summed E-state index contributed by atoms with van der Waals surface area (Å²) in [6, 6.07) is 2.95. The van der Waals surface area contributed by atoms with Crippen LogP contribution in [-0.4, -0.2) is 5.75 Å². The molecule has 0 spiro atoms. The highest BCUT2D eigenvalue weighted by Gasteiger charge is 2.02. The summed E-state index contributed by atoms with van der Waals surface area (Å²) >= 11 is 9.76. The molecule has 1 aromatic rings. The third-order valence-corrected chi connectivity index (χ3v) is 2.34. The van der Waals surface area contributed by atoms with E-state index in [0.29, 0.717) is 22.8 Å². The van der Waals surface area contributed by atoms with E-state index >= 15 is 0 Å². The van der Waals surface area contributed by atoms with Crippen LogP contribution in [0.5, 0.6) is 0 Å². The van der Waals surface area contributed by atoms with Crippen LogP contribution in [0.1, 0.15) is 17.5 Å². The van der Waals surface area contributed by atoms with Crippen LogP contribution in [0.15, 0.2) is 12.1 Å². The molecule has 3 heteroatoms. The molecular weight excluding hydrogens is 219 g/mol. The lowest BCUT2D eigenvalue weighted by atomic mass is 10.1. The largest absolute Gasteiger partial charge is 0.206 e. The van der Waals surface area contributed by atoms with Crippen LogP contribution >= 0.6 is 24.2 Å². The Morgan fingerprint density at radius 3 is 2.86 bits per heavy atom. The average Bonchev–Trinajstić information content (AvgIpc) is 2.14. The predicted octanol–water partition coefficient (Wildman–Crippen LogP) is 3.46. The summed E-state index contributed by atoms with van der Waals surface area (Å²) in [5.74, 6) is 5.89. The number of hydrogen-bond acceptors (Lipinski definition) is 1. The molecule has 0 aromatic heterocycles. The van der Waals surface area contributed by atoms with Gasteiger partial charge in [-0.3, -0.25) is 0 Å². The zero-order valence-corrected chi connectivity index (χ0v) is 9.42. The monoisotopic (exact) mass is 228 g/mol. The fourth-order valence-corrected chi connectivity index (χ4v) is 1.23. The summed E-state index contributed by atoms with van der Waals surface area (Å²) in [6.07, 6.45) is 0.657. The van der Waals surface area contributed by atoms with Crippen molar-refractivity contribution in [3.63, 3.8) is 0 Å². The molecule has 0 N–H and O–H groups in total. The molecule has 0 amide bonds. The first kappa shape index (κ1) is 11.4. The topological polar surface area (TPSA) is 0 Å². The van der Waals surface area contributed by atoms with Gasteiger partial charge in [0.1, 0.15) is 5.82 Å². The van der Waals surface area contributed by atoms with E-state index in [1.54, 1.807) is 6.07 Å². The van der Waals surface area contributed by atoms with Gasteiger partial charge in [0, 0.05) is 17.2 Å². The Bertz CT molecular complexity index is 390. The SMILES string of the molecule is Cc1cc(C#CCCS)c(F)cc1Cl. The molecule has 0 saturated carbocycles. The Morgan fingerprint density at radius 2 is 2.21 bits per heavy atom. The van der Waals surface area contributed by atoms with Crippen molar-refractivity contribution in [2.75, 3.05) is 5.75 Å². The number of hydrogen-bond donors (Lipinski definition) is 1. The van der Waals surface area contributed by atoms with Crippen molar-refractivity contribution in [3.05, 3.63) is 34.1 Å². The van der Waals surface area contributed by atoms with Gasteiger partial charge in [-0.1, -0.05) is 23.4 Å². The number of halogens is 2. The van der Waals surface area contributed by atoms with Crippen molar-refractivity contribution in [2.24, 2.45) is 0 Å².